The van der Waals surface area contributed by atoms with Crippen molar-refractivity contribution in [1.29, 1.82) is 0 Å². The molecule has 0 aliphatic heterocycles. The smallest absolute Gasteiger partial charge is 0.212 e. The standard InChI is InChI=1S/C25H22NO/c1-15-11-23(26(4)14-16(15)2)20-9-10-21-22-12-18-7-5-6-8-19(18)13-24(22)27-25(21)17(20)3/h5-14H,1-4H3/q+1/i1D3,2D3. The highest BCUT2D eigenvalue weighted by Gasteiger charge is 2.19. The molecule has 0 fully saturated rings. The Labute approximate surface area is 167 Å². The zero-order chi connectivity index (χ0) is 23.7. The Balaban J connectivity index is 1.77. The fourth-order valence-corrected chi connectivity index (χ4v) is 3.85. The number of aryl methyl sites for hydroxylation is 4. The van der Waals surface area contributed by atoms with E-state index in [1.165, 1.54) is 12.3 Å². The molecule has 5 aromatic rings. The van der Waals surface area contributed by atoms with Crippen LogP contribution in [0.4, 0.5) is 0 Å². The van der Waals surface area contributed by atoms with Crippen LogP contribution in [0.15, 0.2) is 65.2 Å². The number of hydrogen-bond acceptors (Lipinski definition) is 1. The van der Waals surface area contributed by atoms with Crippen molar-refractivity contribution in [3.8, 4) is 11.3 Å². The number of rotatable bonds is 1. The van der Waals surface area contributed by atoms with Gasteiger partial charge in [0, 0.05) is 36.2 Å². The van der Waals surface area contributed by atoms with Crippen molar-refractivity contribution in [2.24, 2.45) is 7.05 Å². The Morgan fingerprint density at radius 3 is 2.44 bits per heavy atom. The first-order valence-electron chi connectivity index (χ1n) is 11.8. The van der Waals surface area contributed by atoms with Gasteiger partial charge in [-0.15, -0.1) is 0 Å². The molecule has 0 saturated heterocycles. The van der Waals surface area contributed by atoms with Gasteiger partial charge < -0.3 is 4.42 Å². The predicted molar refractivity (Wildman–Crippen MR) is 112 cm³/mol. The van der Waals surface area contributed by atoms with Gasteiger partial charge in [-0.05, 0) is 61.2 Å². The summed E-state index contributed by atoms with van der Waals surface area (Å²) in [5.41, 5.74) is 3.45. The summed E-state index contributed by atoms with van der Waals surface area (Å²) in [6, 6.07) is 17.6. The van der Waals surface area contributed by atoms with E-state index in [2.05, 4.69) is 12.1 Å². The molecule has 0 aliphatic rings. The molecule has 2 heteroatoms. The predicted octanol–water partition coefficient (Wildman–Crippen LogP) is 6.16. The van der Waals surface area contributed by atoms with E-state index >= 15 is 0 Å². The fourth-order valence-electron chi connectivity index (χ4n) is 3.85. The maximum Gasteiger partial charge on any atom is 0.212 e. The summed E-state index contributed by atoms with van der Waals surface area (Å²) in [5.74, 6) is 0. The maximum absolute atomic E-state index is 7.91. The molecular weight excluding hydrogens is 330 g/mol. The van der Waals surface area contributed by atoms with E-state index in [0.717, 1.165) is 43.8 Å². The Hall–Kier alpha value is -3.13. The van der Waals surface area contributed by atoms with Crippen LogP contribution in [0.25, 0.3) is 44.0 Å². The average Bonchev–Trinajstić information content (AvgIpc) is 3.09. The summed E-state index contributed by atoms with van der Waals surface area (Å²) in [7, 11) is 1.73. The van der Waals surface area contributed by atoms with Crippen molar-refractivity contribution in [2.75, 3.05) is 0 Å². The Kier molecular flexibility index (Phi) is 2.29. The summed E-state index contributed by atoms with van der Waals surface area (Å²) >= 11 is 0. The summed E-state index contributed by atoms with van der Waals surface area (Å²) in [4.78, 5) is 0. The number of nitrogens with zero attached hydrogens (tertiary/aromatic N) is 1. The molecule has 5 rings (SSSR count). The summed E-state index contributed by atoms with van der Waals surface area (Å²) < 4.78 is 55.0. The summed E-state index contributed by atoms with van der Waals surface area (Å²) in [6.45, 7) is -3.14. The zero-order valence-corrected chi connectivity index (χ0v) is 15.1. The molecule has 0 radical (unpaired) electrons. The Bertz CT molecular complexity index is 1560. The molecule has 0 spiro atoms. The lowest BCUT2D eigenvalue weighted by molar-refractivity contribution is -0.660. The zero-order valence-electron chi connectivity index (χ0n) is 21.1. The third kappa shape index (κ3) is 2.37. The van der Waals surface area contributed by atoms with E-state index in [9.17, 15) is 0 Å². The van der Waals surface area contributed by atoms with Crippen molar-refractivity contribution in [3.63, 3.8) is 0 Å². The third-order valence-corrected chi connectivity index (χ3v) is 5.31. The van der Waals surface area contributed by atoms with E-state index in [1.54, 1.807) is 11.6 Å². The minimum atomic E-state index is -2.55. The van der Waals surface area contributed by atoms with Gasteiger partial charge in [0.25, 0.3) is 0 Å². The summed E-state index contributed by atoms with van der Waals surface area (Å²) in [5, 5.41) is 4.22. The SMILES string of the molecule is [2H]C([2H])([2H])c1cc(-c2ccc3c(oc4cc5ccccc5cc43)c2C)[n+](C)cc1C([2H])([2H])[2H]. The van der Waals surface area contributed by atoms with E-state index in [1.807, 2.05) is 43.3 Å². The lowest BCUT2D eigenvalue weighted by Crippen LogP contribution is -2.31. The van der Waals surface area contributed by atoms with Gasteiger partial charge in [0.05, 0.1) is 5.56 Å². The van der Waals surface area contributed by atoms with Gasteiger partial charge in [0.15, 0.2) is 6.20 Å². The highest BCUT2D eigenvalue weighted by Crippen LogP contribution is 2.37. The van der Waals surface area contributed by atoms with Gasteiger partial charge in [0.1, 0.15) is 18.2 Å². The van der Waals surface area contributed by atoms with Crippen molar-refractivity contribution >= 4 is 32.7 Å². The van der Waals surface area contributed by atoms with E-state index in [4.69, 9.17) is 12.6 Å². The lowest BCUT2D eigenvalue weighted by atomic mass is 9.99. The van der Waals surface area contributed by atoms with Crippen LogP contribution in [0, 0.1) is 20.6 Å². The molecular formula is C25H22NO+. The first kappa shape index (κ1) is 10.9. The normalized spacial score (nSPS) is 15.9. The minimum Gasteiger partial charge on any atom is -0.456 e. The molecule has 0 saturated carbocycles. The van der Waals surface area contributed by atoms with Gasteiger partial charge in [-0.25, -0.2) is 4.57 Å². The lowest BCUT2D eigenvalue weighted by Gasteiger charge is -2.07. The van der Waals surface area contributed by atoms with Crippen LogP contribution in [0.1, 0.15) is 24.9 Å². The molecule has 27 heavy (non-hydrogen) atoms. The van der Waals surface area contributed by atoms with Gasteiger partial charge in [-0.2, -0.15) is 0 Å². The second kappa shape index (κ2) is 5.68. The second-order valence-electron chi connectivity index (χ2n) is 7.01. The molecule has 2 heterocycles. The second-order valence-corrected chi connectivity index (χ2v) is 7.01. The van der Waals surface area contributed by atoms with Crippen LogP contribution in [-0.4, -0.2) is 0 Å². The maximum atomic E-state index is 7.91. The van der Waals surface area contributed by atoms with Gasteiger partial charge in [-0.1, -0.05) is 24.3 Å². The van der Waals surface area contributed by atoms with E-state index < -0.39 is 13.7 Å². The number of furan rings is 1. The number of aromatic nitrogens is 1. The number of hydrogen-bond donors (Lipinski definition) is 0. The molecule has 0 amide bonds. The van der Waals surface area contributed by atoms with Crippen molar-refractivity contribution in [3.05, 3.63) is 77.5 Å². The summed E-state index contributed by atoms with van der Waals surface area (Å²) in [6.07, 6.45) is 1.40. The van der Waals surface area contributed by atoms with Crippen molar-refractivity contribution < 1.29 is 17.2 Å². The molecule has 0 aliphatic carbocycles. The molecule has 2 aromatic heterocycles. The minimum absolute atomic E-state index is 0.161. The van der Waals surface area contributed by atoms with Gasteiger partial charge >= 0.3 is 0 Å². The highest BCUT2D eigenvalue weighted by atomic mass is 16.3. The van der Waals surface area contributed by atoms with E-state index in [-0.39, 0.29) is 11.1 Å². The number of benzene rings is 3. The highest BCUT2D eigenvalue weighted by molar-refractivity contribution is 6.11. The van der Waals surface area contributed by atoms with Crippen LogP contribution in [0.3, 0.4) is 0 Å². The molecule has 0 N–H and O–H groups in total. The number of fused-ring (bicyclic) bond motifs is 4. The third-order valence-electron chi connectivity index (χ3n) is 5.31. The molecule has 0 unspecified atom stereocenters. The Morgan fingerprint density at radius 2 is 1.67 bits per heavy atom. The van der Waals surface area contributed by atoms with E-state index in [0.29, 0.717) is 5.69 Å². The Morgan fingerprint density at radius 1 is 0.889 bits per heavy atom. The fraction of sp³-hybridized carbons (Fsp3) is 0.160. The van der Waals surface area contributed by atoms with Gasteiger partial charge in [-0.3, -0.25) is 0 Å². The first-order chi connectivity index (χ1) is 15.4. The van der Waals surface area contributed by atoms with Crippen LogP contribution in [-0.2, 0) is 7.05 Å². The van der Waals surface area contributed by atoms with Crippen molar-refractivity contribution in [2.45, 2.75) is 20.6 Å². The van der Waals surface area contributed by atoms with Crippen LogP contribution in [0.2, 0.25) is 0 Å². The average molecular weight is 358 g/mol. The quantitative estimate of drug-likeness (QED) is 0.328. The molecule has 0 bridgehead atoms. The molecule has 0 atom stereocenters. The van der Waals surface area contributed by atoms with Crippen LogP contribution in [0.5, 0.6) is 0 Å². The largest absolute Gasteiger partial charge is 0.456 e. The number of pyridine rings is 1. The topological polar surface area (TPSA) is 17.0 Å². The van der Waals surface area contributed by atoms with Crippen molar-refractivity contribution in [1.82, 2.24) is 0 Å². The first-order valence-corrected chi connectivity index (χ1v) is 8.85. The molecule has 2 nitrogen and oxygen atoms in total. The van der Waals surface area contributed by atoms with Gasteiger partial charge in [0.2, 0.25) is 5.69 Å². The van der Waals surface area contributed by atoms with Crippen LogP contribution < -0.4 is 4.57 Å². The molecule has 3 aromatic carbocycles. The van der Waals surface area contributed by atoms with Crippen LogP contribution >= 0.6 is 0 Å². The monoisotopic (exact) mass is 358 g/mol. The molecule has 132 valence electrons.